The summed E-state index contributed by atoms with van der Waals surface area (Å²) in [7, 11) is 4.23. The lowest BCUT2D eigenvalue weighted by Gasteiger charge is -2.42. The Bertz CT molecular complexity index is 739. The number of carbonyl (C=O) groups is 1. The van der Waals surface area contributed by atoms with Crippen LogP contribution in [0, 0.1) is 18.8 Å². The first-order valence-electron chi connectivity index (χ1n) is 12.8. The molecule has 3 aliphatic rings. The second-order valence-corrected chi connectivity index (χ2v) is 10.6. The summed E-state index contributed by atoms with van der Waals surface area (Å²) in [5.74, 6) is 1.26. The van der Waals surface area contributed by atoms with Crippen molar-refractivity contribution < 1.29 is 4.79 Å². The third kappa shape index (κ3) is 6.30. The lowest BCUT2D eigenvalue weighted by atomic mass is 9.91. The van der Waals surface area contributed by atoms with Crippen LogP contribution in [0.3, 0.4) is 0 Å². The first kappa shape index (κ1) is 23.7. The minimum Gasteiger partial charge on any atom is -0.345 e. The number of carbonyl (C=O) groups excluding carboxylic acids is 1. The molecule has 6 nitrogen and oxygen atoms in total. The summed E-state index contributed by atoms with van der Waals surface area (Å²) < 4.78 is 0. The third-order valence-electron chi connectivity index (χ3n) is 7.91. The molecule has 6 heteroatoms. The number of aromatic nitrogens is 1. The molecule has 1 amide bonds. The standard InChI is InChI=1S/C26H43N5O/c1-21-6-4-8-24(27-21)20-30-14-11-25(12-15-30)31-16-9-23(10-17-31)26(32)29(3)19-22-7-5-13-28(2)18-22/h4,6,8,22-23,25H,5,7,9-20H2,1-3H3. The van der Waals surface area contributed by atoms with E-state index in [4.69, 9.17) is 0 Å². The molecule has 0 saturated carbocycles. The second-order valence-electron chi connectivity index (χ2n) is 10.6. The fourth-order valence-electron chi connectivity index (χ4n) is 6.08. The van der Waals surface area contributed by atoms with Crippen molar-refractivity contribution in [1.29, 1.82) is 0 Å². The molecule has 0 aliphatic carbocycles. The molecule has 0 radical (unpaired) electrons. The molecule has 1 atom stereocenters. The highest BCUT2D eigenvalue weighted by Crippen LogP contribution is 2.26. The van der Waals surface area contributed by atoms with Gasteiger partial charge >= 0.3 is 0 Å². The number of piperidine rings is 3. The minimum absolute atomic E-state index is 0.227. The summed E-state index contributed by atoms with van der Waals surface area (Å²) in [6.07, 6.45) is 7.06. The van der Waals surface area contributed by atoms with E-state index in [9.17, 15) is 4.79 Å². The van der Waals surface area contributed by atoms with Gasteiger partial charge in [0.2, 0.25) is 5.91 Å². The number of likely N-dealkylation sites (tertiary alicyclic amines) is 3. The Morgan fingerprint density at radius 1 is 1.06 bits per heavy atom. The van der Waals surface area contributed by atoms with Crippen LogP contribution in [-0.2, 0) is 11.3 Å². The largest absolute Gasteiger partial charge is 0.345 e. The van der Waals surface area contributed by atoms with Crippen molar-refractivity contribution >= 4 is 5.91 Å². The fraction of sp³-hybridized carbons (Fsp3) is 0.769. The Balaban J connectivity index is 1.17. The molecule has 4 rings (SSSR count). The van der Waals surface area contributed by atoms with Gasteiger partial charge in [-0.2, -0.15) is 0 Å². The van der Waals surface area contributed by atoms with Gasteiger partial charge in [0.05, 0.1) is 5.69 Å². The molecule has 4 heterocycles. The zero-order chi connectivity index (χ0) is 22.5. The second kappa shape index (κ2) is 11.1. The van der Waals surface area contributed by atoms with E-state index in [1.807, 2.05) is 11.9 Å². The summed E-state index contributed by atoms with van der Waals surface area (Å²) in [6, 6.07) is 7.00. The smallest absolute Gasteiger partial charge is 0.225 e. The Morgan fingerprint density at radius 2 is 1.81 bits per heavy atom. The lowest BCUT2D eigenvalue weighted by molar-refractivity contribution is -0.136. The molecular weight excluding hydrogens is 398 g/mol. The van der Waals surface area contributed by atoms with Crippen molar-refractivity contribution in [2.75, 3.05) is 59.9 Å². The molecule has 0 N–H and O–H groups in total. The van der Waals surface area contributed by atoms with Gasteiger partial charge in [0.1, 0.15) is 0 Å². The number of hydrogen-bond donors (Lipinski definition) is 0. The maximum atomic E-state index is 13.1. The van der Waals surface area contributed by atoms with Crippen LogP contribution in [0.2, 0.25) is 0 Å². The van der Waals surface area contributed by atoms with Crippen LogP contribution < -0.4 is 0 Å². The van der Waals surface area contributed by atoms with Gasteiger partial charge in [-0.1, -0.05) is 6.07 Å². The van der Waals surface area contributed by atoms with Crippen molar-refractivity contribution in [3.63, 3.8) is 0 Å². The highest BCUT2D eigenvalue weighted by atomic mass is 16.2. The summed E-state index contributed by atoms with van der Waals surface area (Å²) >= 11 is 0. The summed E-state index contributed by atoms with van der Waals surface area (Å²) in [6.45, 7) is 10.8. The van der Waals surface area contributed by atoms with E-state index in [-0.39, 0.29) is 5.92 Å². The average Bonchev–Trinajstić information content (AvgIpc) is 2.79. The topological polar surface area (TPSA) is 42.9 Å². The molecule has 32 heavy (non-hydrogen) atoms. The fourth-order valence-corrected chi connectivity index (χ4v) is 6.08. The van der Waals surface area contributed by atoms with Gasteiger partial charge in [0, 0.05) is 57.4 Å². The maximum absolute atomic E-state index is 13.1. The number of nitrogens with zero attached hydrogens (tertiary/aromatic N) is 5. The Labute approximate surface area is 194 Å². The Morgan fingerprint density at radius 3 is 2.50 bits per heavy atom. The quantitative estimate of drug-likeness (QED) is 0.679. The predicted molar refractivity (Wildman–Crippen MR) is 129 cm³/mol. The molecule has 178 valence electrons. The summed E-state index contributed by atoms with van der Waals surface area (Å²) in [5, 5.41) is 0. The SMILES string of the molecule is Cc1cccc(CN2CCC(N3CCC(C(=O)N(C)CC4CCCN(C)C4)CC3)CC2)n1. The van der Waals surface area contributed by atoms with E-state index >= 15 is 0 Å². The monoisotopic (exact) mass is 441 g/mol. The van der Waals surface area contributed by atoms with Gasteiger partial charge in [-0.15, -0.1) is 0 Å². The van der Waals surface area contributed by atoms with Crippen LogP contribution in [0.5, 0.6) is 0 Å². The Kier molecular flexibility index (Phi) is 8.19. The van der Waals surface area contributed by atoms with E-state index in [0.29, 0.717) is 17.9 Å². The predicted octanol–water partition coefficient (Wildman–Crippen LogP) is 2.87. The van der Waals surface area contributed by atoms with Crippen molar-refractivity contribution in [2.45, 2.75) is 58.0 Å². The van der Waals surface area contributed by atoms with Crippen molar-refractivity contribution in [3.05, 3.63) is 29.6 Å². The number of aryl methyl sites for hydroxylation is 1. The molecule has 1 aromatic heterocycles. The number of amides is 1. The zero-order valence-electron chi connectivity index (χ0n) is 20.5. The average molecular weight is 442 g/mol. The first-order valence-corrected chi connectivity index (χ1v) is 12.8. The highest BCUT2D eigenvalue weighted by molar-refractivity contribution is 5.78. The molecular formula is C26H43N5O. The van der Waals surface area contributed by atoms with Gasteiger partial charge < -0.3 is 14.7 Å². The number of rotatable bonds is 6. The third-order valence-corrected chi connectivity index (χ3v) is 7.91. The van der Waals surface area contributed by atoms with Gasteiger partial charge in [-0.3, -0.25) is 14.7 Å². The number of pyridine rings is 1. The molecule has 0 aromatic carbocycles. The van der Waals surface area contributed by atoms with E-state index in [1.54, 1.807) is 0 Å². The van der Waals surface area contributed by atoms with Gasteiger partial charge in [-0.25, -0.2) is 0 Å². The number of hydrogen-bond acceptors (Lipinski definition) is 5. The van der Waals surface area contributed by atoms with Crippen molar-refractivity contribution in [2.24, 2.45) is 11.8 Å². The van der Waals surface area contributed by atoms with Gasteiger partial charge in [-0.05, 0) is 90.2 Å². The van der Waals surface area contributed by atoms with E-state index < -0.39 is 0 Å². The molecule has 3 saturated heterocycles. The van der Waals surface area contributed by atoms with Crippen LogP contribution in [0.25, 0.3) is 0 Å². The minimum atomic E-state index is 0.227. The van der Waals surface area contributed by atoms with E-state index in [0.717, 1.165) is 64.3 Å². The van der Waals surface area contributed by atoms with Gasteiger partial charge in [0.25, 0.3) is 0 Å². The van der Waals surface area contributed by atoms with Crippen LogP contribution in [0.15, 0.2) is 18.2 Å². The molecule has 0 bridgehead atoms. The van der Waals surface area contributed by atoms with Crippen LogP contribution in [0.4, 0.5) is 0 Å². The van der Waals surface area contributed by atoms with Crippen LogP contribution in [0.1, 0.15) is 49.9 Å². The molecule has 1 unspecified atom stereocenters. The summed E-state index contributed by atoms with van der Waals surface area (Å²) in [5.41, 5.74) is 2.29. The van der Waals surface area contributed by atoms with E-state index in [2.05, 4.69) is 51.9 Å². The van der Waals surface area contributed by atoms with Crippen molar-refractivity contribution in [1.82, 2.24) is 24.6 Å². The molecule has 3 aliphatic heterocycles. The summed E-state index contributed by atoms with van der Waals surface area (Å²) in [4.78, 5) is 27.4. The molecule has 3 fully saturated rings. The maximum Gasteiger partial charge on any atom is 0.225 e. The zero-order valence-corrected chi connectivity index (χ0v) is 20.5. The lowest BCUT2D eigenvalue weighted by Crippen LogP contribution is -2.49. The molecule has 0 spiro atoms. The van der Waals surface area contributed by atoms with Crippen LogP contribution in [-0.4, -0.2) is 96.4 Å². The van der Waals surface area contributed by atoms with Crippen molar-refractivity contribution in [3.8, 4) is 0 Å². The Hall–Kier alpha value is -1.50. The van der Waals surface area contributed by atoms with E-state index in [1.165, 1.54) is 37.9 Å². The molecule has 1 aromatic rings. The normalized spacial score (nSPS) is 25.2. The first-order chi connectivity index (χ1) is 15.5. The highest BCUT2D eigenvalue weighted by Gasteiger charge is 2.32. The van der Waals surface area contributed by atoms with Crippen LogP contribution >= 0.6 is 0 Å². The van der Waals surface area contributed by atoms with Gasteiger partial charge in [0.15, 0.2) is 0 Å².